The van der Waals surface area contributed by atoms with E-state index in [1.165, 1.54) is 0 Å². The van der Waals surface area contributed by atoms with Crippen LogP contribution in [0.3, 0.4) is 0 Å². The molecule has 0 fully saturated rings. The van der Waals surface area contributed by atoms with Crippen molar-refractivity contribution in [3.8, 4) is 0 Å². The summed E-state index contributed by atoms with van der Waals surface area (Å²) >= 11 is 1.60. The molecule has 0 aromatic carbocycles. The first-order valence-corrected chi connectivity index (χ1v) is 4.91. The fraction of sp³-hybridized carbons (Fsp3) is 0.286. The first-order valence-electron chi connectivity index (χ1n) is 4.03. The maximum Gasteiger partial charge on any atom is 0.246 e. The number of nitrogens with two attached hydrogens (primary N) is 1. The van der Waals surface area contributed by atoms with E-state index in [0.29, 0.717) is 18.4 Å². The molecule has 3 N–H and O–H groups in total. The summed E-state index contributed by atoms with van der Waals surface area (Å²) in [7, 11) is 1.89. The molecular weight excluding hydrogens is 200 g/mol. The highest BCUT2D eigenvalue weighted by molar-refractivity contribution is 7.09. The monoisotopic (exact) mass is 210 g/mol. The van der Waals surface area contributed by atoms with Crippen molar-refractivity contribution in [1.82, 2.24) is 20.2 Å². The molecule has 14 heavy (non-hydrogen) atoms. The molecule has 0 atom stereocenters. The van der Waals surface area contributed by atoms with Crippen LogP contribution in [0.5, 0.6) is 0 Å². The normalized spacial score (nSPS) is 10.4. The summed E-state index contributed by atoms with van der Waals surface area (Å²) in [4.78, 5) is 10.1. The van der Waals surface area contributed by atoms with Crippen molar-refractivity contribution in [2.75, 3.05) is 17.7 Å². The number of nitrogen functional groups attached to an aromatic ring is 1. The molecule has 0 spiro atoms. The zero-order valence-corrected chi connectivity index (χ0v) is 8.45. The Labute approximate surface area is 84.8 Å². The van der Waals surface area contributed by atoms with E-state index in [1.54, 1.807) is 17.5 Å². The van der Waals surface area contributed by atoms with Gasteiger partial charge in [-0.25, -0.2) is 10.1 Å². The number of aromatic nitrogens is 4. The largest absolute Gasteiger partial charge is 0.368 e. The summed E-state index contributed by atoms with van der Waals surface area (Å²) < 4.78 is 0. The van der Waals surface area contributed by atoms with Gasteiger partial charge in [0.15, 0.2) is 0 Å². The van der Waals surface area contributed by atoms with E-state index < -0.39 is 0 Å². The SMILES string of the molecule is CN(Cc1nccs1)c1n[nH]c(N)n1. The summed E-state index contributed by atoms with van der Waals surface area (Å²) in [6, 6.07) is 0. The van der Waals surface area contributed by atoms with Crippen molar-refractivity contribution in [3.05, 3.63) is 16.6 Å². The van der Waals surface area contributed by atoms with E-state index in [-0.39, 0.29) is 0 Å². The van der Waals surface area contributed by atoms with Crippen LogP contribution in [0.25, 0.3) is 0 Å². The maximum absolute atomic E-state index is 5.42. The standard InChI is InChI=1S/C7H10N6S/c1-13(4-5-9-2-3-14-5)7-10-6(8)11-12-7/h2-3H,4H2,1H3,(H3,8,10,11,12). The molecule has 0 aliphatic carbocycles. The molecular formula is C7H10N6S. The second kappa shape index (κ2) is 3.62. The number of rotatable bonds is 3. The number of anilines is 2. The smallest absolute Gasteiger partial charge is 0.246 e. The third kappa shape index (κ3) is 1.82. The molecule has 2 heterocycles. The van der Waals surface area contributed by atoms with E-state index in [0.717, 1.165) is 5.01 Å². The van der Waals surface area contributed by atoms with Crippen LogP contribution in [-0.4, -0.2) is 27.2 Å². The van der Waals surface area contributed by atoms with E-state index in [4.69, 9.17) is 5.73 Å². The van der Waals surface area contributed by atoms with Crippen LogP contribution in [0.2, 0.25) is 0 Å². The van der Waals surface area contributed by atoms with E-state index in [2.05, 4.69) is 20.2 Å². The summed E-state index contributed by atoms with van der Waals surface area (Å²) in [5, 5.41) is 9.49. The average Bonchev–Trinajstić information content (AvgIpc) is 2.75. The quantitative estimate of drug-likeness (QED) is 0.769. The Balaban J connectivity index is 2.06. The Morgan fingerprint density at radius 1 is 1.64 bits per heavy atom. The maximum atomic E-state index is 5.42. The number of thiazole rings is 1. The fourth-order valence-corrected chi connectivity index (χ4v) is 1.71. The molecule has 2 aromatic rings. The lowest BCUT2D eigenvalue weighted by molar-refractivity contribution is 0.863. The van der Waals surface area contributed by atoms with E-state index in [9.17, 15) is 0 Å². The second-order valence-electron chi connectivity index (χ2n) is 2.80. The Morgan fingerprint density at radius 3 is 3.07 bits per heavy atom. The zero-order valence-electron chi connectivity index (χ0n) is 7.64. The summed E-state index contributed by atoms with van der Waals surface area (Å²) in [5.74, 6) is 0.906. The highest BCUT2D eigenvalue weighted by atomic mass is 32.1. The molecule has 2 aromatic heterocycles. The van der Waals surface area contributed by atoms with E-state index in [1.807, 2.05) is 17.3 Å². The number of aromatic amines is 1. The van der Waals surface area contributed by atoms with Gasteiger partial charge in [0.2, 0.25) is 11.9 Å². The number of H-pyrrole nitrogens is 1. The molecule has 0 saturated heterocycles. The van der Waals surface area contributed by atoms with Gasteiger partial charge in [-0.2, -0.15) is 4.98 Å². The Hall–Kier alpha value is -1.63. The third-order valence-corrected chi connectivity index (χ3v) is 2.45. The van der Waals surface area contributed by atoms with Crippen molar-refractivity contribution in [2.45, 2.75) is 6.54 Å². The summed E-state index contributed by atoms with van der Waals surface area (Å²) in [6.45, 7) is 0.689. The van der Waals surface area contributed by atoms with E-state index >= 15 is 0 Å². The van der Waals surface area contributed by atoms with Gasteiger partial charge in [-0.3, -0.25) is 0 Å². The highest BCUT2D eigenvalue weighted by Gasteiger charge is 2.08. The molecule has 0 amide bonds. The van der Waals surface area contributed by atoms with Crippen molar-refractivity contribution in [1.29, 1.82) is 0 Å². The van der Waals surface area contributed by atoms with Crippen LogP contribution < -0.4 is 10.6 Å². The number of nitrogens with zero attached hydrogens (tertiary/aromatic N) is 4. The lowest BCUT2D eigenvalue weighted by Gasteiger charge is -2.11. The lowest BCUT2D eigenvalue weighted by Crippen LogP contribution is -2.17. The molecule has 6 nitrogen and oxygen atoms in total. The molecule has 0 aliphatic heterocycles. The summed E-state index contributed by atoms with van der Waals surface area (Å²) in [6.07, 6.45) is 1.78. The molecule has 0 unspecified atom stereocenters. The lowest BCUT2D eigenvalue weighted by atomic mass is 10.6. The first-order chi connectivity index (χ1) is 6.75. The minimum Gasteiger partial charge on any atom is -0.368 e. The van der Waals surface area contributed by atoms with Gasteiger partial charge in [0, 0.05) is 18.6 Å². The molecule has 0 bridgehead atoms. The molecule has 0 aliphatic rings. The number of nitrogens with one attached hydrogen (secondary N) is 1. The molecule has 74 valence electrons. The van der Waals surface area contributed by atoms with Crippen LogP contribution >= 0.6 is 11.3 Å². The van der Waals surface area contributed by atoms with Crippen LogP contribution in [-0.2, 0) is 6.54 Å². The molecule has 7 heteroatoms. The van der Waals surface area contributed by atoms with Crippen LogP contribution in [0.1, 0.15) is 5.01 Å². The minimum atomic E-state index is 0.325. The van der Waals surface area contributed by atoms with Gasteiger partial charge in [0.25, 0.3) is 0 Å². The third-order valence-electron chi connectivity index (χ3n) is 1.69. The Kier molecular flexibility index (Phi) is 2.32. The van der Waals surface area contributed by atoms with Crippen molar-refractivity contribution in [2.24, 2.45) is 0 Å². The summed E-state index contributed by atoms with van der Waals surface area (Å²) in [5.41, 5.74) is 5.42. The van der Waals surface area contributed by atoms with Crippen molar-refractivity contribution < 1.29 is 0 Å². The average molecular weight is 210 g/mol. The Bertz CT molecular complexity index is 394. The minimum absolute atomic E-state index is 0.325. The van der Waals surface area contributed by atoms with Gasteiger partial charge < -0.3 is 10.6 Å². The zero-order chi connectivity index (χ0) is 9.97. The fourth-order valence-electron chi connectivity index (χ4n) is 1.04. The number of hydrogen-bond acceptors (Lipinski definition) is 6. The van der Waals surface area contributed by atoms with Crippen molar-refractivity contribution in [3.63, 3.8) is 0 Å². The molecule has 0 saturated carbocycles. The van der Waals surface area contributed by atoms with Crippen molar-refractivity contribution >= 4 is 23.2 Å². The molecule has 0 radical (unpaired) electrons. The second-order valence-corrected chi connectivity index (χ2v) is 3.78. The van der Waals surface area contributed by atoms with Gasteiger partial charge in [0.1, 0.15) is 5.01 Å². The topological polar surface area (TPSA) is 83.7 Å². The van der Waals surface area contributed by atoms with Gasteiger partial charge in [-0.05, 0) is 0 Å². The highest BCUT2D eigenvalue weighted by Crippen LogP contribution is 2.11. The first kappa shape index (κ1) is 8.95. The van der Waals surface area contributed by atoms with Gasteiger partial charge in [-0.1, -0.05) is 0 Å². The predicted molar refractivity (Wildman–Crippen MR) is 55.0 cm³/mol. The van der Waals surface area contributed by atoms with Gasteiger partial charge >= 0.3 is 0 Å². The predicted octanol–water partition coefficient (Wildman–Crippen LogP) is 0.480. The van der Waals surface area contributed by atoms with Crippen LogP contribution in [0.15, 0.2) is 11.6 Å². The van der Waals surface area contributed by atoms with Crippen LogP contribution in [0.4, 0.5) is 11.9 Å². The molecule has 2 rings (SSSR count). The van der Waals surface area contributed by atoms with Crippen LogP contribution in [0, 0.1) is 0 Å². The Morgan fingerprint density at radius 2 is 2.50 bits per heavy atom. The van der Waals surface area contributed by atoms with Gasteiger partial charge in [0.05, 0.1) is 6.54 Å². The van der Waals surface area contributed by atoms with Gasteiger partial charge in [-0.15, -0.1) is 16.4 Å². The number of hydrogen-bond donors (Lipinski definition) is 2.